The molecule has 33 heavy (non-hydrogen) atoms. The van der Waals surface area contributed by atoms with Crippen LogP contribution >= 0.6 is 11.5 Å². The molecular formula is C23H23N7O2S. The van der Waals surface area contributed by atoms with Gasteiger partial charge in [-0.1, -0.05) is 18.2 Å². The number of carbonyl (C=O) groups excluding carboxylic acids is 2. The van der Waals surface area contributed by atoms with Crippen LogP contribution in [0, 0.1) is 6.92 Å². The van der Waals surface area contributed by atoms with Gasteiger partial charge in [-0.15, -0.1) is 0 Å². The number of hydrogen-bond acceptors (Lipinski definition) is 8. The molecule has 0 fully saturated rings. The summed E-state index contributed by atoms with van der Waals surface area (Å²) in [5.74, 6) is -0.0103. The Hall–Kier alpha value is -3.89. The molecule has 0 atom stereocenters. The normalized spacial score (nSPS) is 10.7. The molecule has 0 aliphatic heterocycles. The van der Waals surface area contributed by atoms with E-state index in [1.165, 1.54) is 11.5 Å². The van der Waals surface area contributed by atoms with Crippen molar-refractivity contribution < 1.29 is 9.59 Å². The maximum Gasteiger partial charge on any atom is 0.260 e. The second-order valence-electron chi connectivity index (χ2n) is 7.24. The van der Waals surface area contributed by atoms with Crippen molar-refractivity contribution in [3.05, 3.63) is 71.5 Å². The number of carbonyl (C=O) groups is 2. The highest BCUT2D eigenvalue weighted by atomic mass is 32.1. The largest absolute Gasteiger partial charge is 0.351 e. The summed E-state index contributed by atoms with van der Waals surface area (Å²) in [6.07, 6.45) is 1.62. The number of fused-ring (bicyclic) bond motifs is 1. The first kappa shape index (κ1) is 22.3. The number of aryl methyl sites for hydroxylation is 1. The van der Waals surface area contributed by atoms with E-state index in [0.717, 1.165) is 11.0 Å². The van der Waals surface area contributed by atoms with Crippen molar-refractivity contribution >= 4 is 50.9 Å². The first-order chi connectivity index (χ1) is 16.0. The maximum atomic E-state index is 13.1. The Balaban J connectivity index is 1.51. The molecular weight excluding hydrogens is 438 g/mol. The van der Waals surface area contributed by atoms with Crippen LogP contribution in [0.25, 0.3) is 11.0 Å². The second-order valence-corrected chi connectivity index (χ2v) is 8.01. The standard InChI is InChI=1S/C23H23N7O2S/c1-14-20(22(32)27-16-7-5-6-15(12-16)21(31)25-11-10-24-2)23(33-30-14)29-19-13-26-17-8-3-4-9-18(17)28-19/h3-9,12-13,24H,10-11H2,1-2H3,(H,25,31)(H,27,32)(H,28,29). The fraction of sp³-hybridized carbons (Fsp3) is 0.174. The van der Waals surface area contributed by atoms with Crippen LogP contribution in [-0.4, -0.2) is 46.3 Å². The van der Waals surface area contributed by atoms with Gasteiger partial charge in [0.15, 0.2) is 0 Å². The molecule has 4 rings (SSSR count). The molecule has 2 heterocycles. The van der Waals surface area contributed by atoms with Crippen LogP contribution in [0.4, 0.5) is 16.5 Å². The van der Waals surface area contributed by atoms with Crippen LogP contribution in [0.2, 0.25) is 0 Å². The molecule has 0 saturated heterocycles. The Bertz CT molecular complexity index is 1300. The summed E-state index contributed by atoms with van der Waals surface area (Å²) < 4.78 is 4.33. The lowest BCUT2D eigenvalue weighted by Crippen LogP contribution is -2.30. The van der Waals surface area contributed by atoms with Crippen LogP contribution in [0.15, 0.2) is 54.7 Å². The first-order valence-corrected chi connectivity index (χ1v) is 11.1. The number of para-hydroxylation sites is 2. The SMILES string of the molecule is CNCCNC(=O)c1cccc(NC(=O)c2c(C)nsc2Nc2cnc3ccccc3n2)c1. The number of nitrogens with zero attached hydrogens (tertiary/aromatic N) is 3. The highest BCUT2D eigenvalue weighted by Crippen LogP contribution is 2.28. The number of amides is 2. The third kappa shape index (κ3) is 5.30. The van der Waals surface area contributed by atoms with Gasteiger partial charge in [-0.2, -0.15) is 4.37 Å². The van der Waals surface area contributed by atoms with E-state index in [1.807, 2.05) is 31.3 Å². The van der Waals surface area contributed by atoms with E-state index >= 15 is 0 Å². The molecule has 0 saturated carbocycles. The van der Waals surface area contributed by atoms with Gasteiger partial charge < -0.3 is 21.3 Å². The fourth-order valence-electron chi connectivity index (χ4n) is 3.19. The zero-order chi connectivity index (χ0) is 23.2. The van der Waals surface area contributed by atoms with Crippen molar-refractivity contribution in [2.24, 2.45) is 0 Å². The van der Waals surface area contributed by atoms with Crippen LogP contribution < -0.4 is 21.3 Å². The summed E-state index contributed by atoms with van der Waals surface area (Å²) in [5.41, 5.74) is 3.53. The first-order valence-electron chi connectivity index (χ1n) is 10.3. The molecule has 168 valence electrons. The number of anilines is 3. The highest BCUT2D eigenvalue weighted by molar-refractivity contribution is 7.10. The van der Waals surface area contributed by atoms with Crippen molar-refractivity contribution in [3.63, 3.8) is 0 Å². The molecule has 2 amide bonds. The van der Waals surface area contributed by atoms with Gasteiger partial charge in [-0.3, -0.25) is 14.6 Å². The number of nitrogens with one attached hydrogen (secondary N) is 4. The molecule has 0 aliphatic carbocycles. The van der Waals surface area contributed by atoms with Crippen molar-refractivity contribution in [1.82, 2.24) is 25.0 Å². The molecule has 4 N–H and O–H groups in total. The summed E-state index contributed by atoms with van der Waals surface area (Å²) in [5, 5.41) is 12.4. The predicted molar refractivity (Wildman–Crippen MR) is 130 cm³/mol. The predicted octanol–water partition coefficient (Wildman–Crippen LogP) is 3.34. The molecule has 2 aromatic heterocycles. The highest BCUT2D eigenvalue weighted by Gasteiger charge is 2.20. The summed E-state index contributed by atoms with van der Waals surface area (Å²) in [6, 6.07) is 14.4. The van der Waals surface area contributed by atoms with Gasteiger partial charge >= 0.3 is 0 Å². The van der Waals surface area contributed by atoms with Gasteiger partial charge in [-0.05, 0) is 55.8 Å². The molecule has 9 nitrogen and oxygen atoms in total. The van der Waals surface area contributed by atoms with Crippen molar-refractivity contribution in [2.75, 3.05) is 30.8 Å². The minimum atomic E-state index is -0.328. The molecule has 0 unspecified atom stereocenters. The van der Waals surface area contributed by atoms with Crippen molar-refractivity contribution in [2.45, 2.75) is 6.92 Å². The fourth-order valence-corrected chi connectivity index (χ4v) is 3.99. The van der Waals surface area contributed by atoms with Crippen LogP contribution in [0.1, 0.15) is 26.4 Å². The Kier molecular flexibility index (Phi) is 6.86. The summed E-state index contributed by atoms with van der Waals surface area (Å²) in [7, 11) is 1.82. The quantitative estimate of drug-likeness (QED) is 0.297. The van der Waals surface area contributed by atoms with Crippen molar-refractivity contribution in [1.29, 1.82) is 0 Å². The number of likely N-dealkylation sites (N-methyl/N-ethyl adjacent to an activating group) is 1. The van der Waals surface area contributed by atoms with E-state index in [9.17, 15) is 9.59 Å². The Morgan fingerprint density at radius 1 is 1.00 bits per heavy atom. The van der Waals surface area contributed by atoms with Gasteiger partial charge in [0.05, 0.1) is 28.5 Å². The summed E-state index contributed by atoms with van der Waals surface area (Å²) in [4.78, 5) is 34.3. The van der Waals surface area contributed by atoms with Crippen LogP contribution in [0.5, 0.6) is 0 Å². The van der Waals surface area contributed by atoms with Gasteiger partial charge in [0.1, 0.15) is 10.8 Å². The van der Waals surface area contributed by atoms with E-state index < -0.39 is 0 Å². The summed E-state index contributed by atoms with van der Waals surface area (Å²) in [6.45, 7) is 2.96. The molecule has 0 radical (unpaired) electrons. The van der Waals surface area contributed by atoms with E-state index in [4.69, 9.17) is 0 Å². The molecule has 4 aromatic rings. The third-order valence-electron chi connectivity index (χ3n) is 4.82. The molecule has 0 bridgehead atoms. The van der Waals surface area contributed by atoms with Gasteiger partial charge in [0.25, 0.3) is 11.8 Å². The number of benzene rings is 2. The second kappa shape index (κ2) is 10.2. The van der Waals surface area contributed by atoms with Gasteiger partial charge in [0, 0.05) is 24.3 Å². The van der Waals surface area contributed by atoms with Gasteiger partial charge in [-0.25, -0.2) is 4.98 Å². The zero-order valence-corrected chi connectivity index (χ0v) is 19.0. The van der Waals surface area contributed by atoms with Crippen LogP contribution in [-0.2, 0) is 0 Å². The molecule has 10 heteroatoms. The average Bonchev–Trinajstić information content (AvgIpc) is 3.19. The van der Waals surface area contributed by atoms with E-state index in [-0.39, 0.29) is 11.8 Å². The van der Waals surface area contributed by atoms with E-state index in [0.29, 0.717) is 46.4 Å². The third-order valence-corrected chi connectivity index (χ3v) is 5.68. The minimum Gasteiger partial charge on any atom is -0.351 e. The Labute approximate surface area is 194 Å². The lowest BCUT2D eigenvalue weighted by Gasteiger charge is -2.10. The number of rotatable bonds is 8. The monoisotopic (exact) mass is 461 g/mol. The summed E-state index contributed by atoms with van der Waals surface area (Å²) >= 11 is 1.17. The molecule has 0 aliphatic rings. The molecule has 2 aromatic carbocycles. The van der Waals surface area contributed by atoms with E-state index in [2.05, 4.69) is 35.6 Å². The molecule has 0 spiro atoms. The maximum absolute atomic E-state index is 13.1. The number of hydrogen-bond donors (Lipinski definition) is 4. The minimum absolute atomic E-state index is 0.202. The lowest BCUT2D eigenvalue weighted by atomic mass is 10.1. The van der Waals surface area contributed by atoms with E-state index in [1.54, 1.807) is 37.4 Å². The average molecular weight is 462 g/mol. The van der Waals surface area contributed by atoms with Crippen LogP contribution in [0.3, 0.4) is 0 Å². The smallest absolute Gasteiger partial charge is 0.260 e. The number of aromatic nitrogens is 3. The topological polar surface area (TPSA) is 121 Å². The van der Waals surface area contributed by atoms with Crippen molar-refractivity contribution in [3.8, 4) is 0 Å². The zero-order valence-electron chi connectivity index (χ0n) is 18.2. The Morgan fingerprint density at radius 2 is 1.82 bits per heavy atom. The van der Waals surface area contributed by atoms with Gasteiger partial charge in [0.2, 0.25) is 0 Å². The lowest BCUT2D eigenvalue weighted by molar-refractivity contribution is 0.0952. The Morgan fingerprint density at radius 3 is 2.64 bits per heavy atom.